The third-order valence-corrected chi connectivity index (χ3v) is 3.48. The average molecular weight is 243 g/mol. The molecule has 1 aliphatic rings. The van der Waals surface area contributed by atoms with E-state index >= 15 is 0 Å². The topological polar surface area (TPSA) is 33.1 Å². The van der Waals surface area contributed by atoms with E-state index in [4.69, 9.17) is 11.6 Å². The van der Waals surface area contributed by atoms with Crippen molar-refractivity contribution >= 4 is 11.6 Å². The first-order chi connectivity index (χ1) is 7.66. The summed E-state index contributed by atoms with van der Waals surface area (Å²) in [5.41, 5.74) is 0. The van der Waals surface area contributed by atoms with Crippen molar-refractivity contribution in [1.82, 2.24) is 19.8 Å². The predicted molar refractivity (Wildman–Crippen MR) is 65.6 cm³/mol. The molecular formula is C11H19ClN4. The van der Waals surface area contributed by atoms with Gasteiger partial charge in [-0.05, 0) is 26.4 Å². The molecule has 90 valence electrons. The van der Waals surface area contributed by atoms with Crippen LogP contribution >= 0.6 is 11.6 Å². The molecule has 0 aliphatic carbocycles. The Bertz CT molecular complexity index is 344. The highest BCUT2D eigenvalue weighted by atomic mass is 35.5. The molecule has 2 rings (SSSR count). The van der Waals surface area contributed by atoms with Crippen molar-refractivity contribution < 1.29 is 0 Å². The van der Waals surface area contributed by atoms with E-state index in [1.807, 2.05) is 11.6 Å². The van der Waals surface area contributed by atoms with Crippen molar-refractivity contribution in [2.24, 2.45) is 7.05 Å². The van der Waals surface area contributed by atoms with E-state index in [-0.39, 0.29) is 0 Å². The molecule has 0 radical (unpaired) electrons. The van der Waals surface area contributed by atoms with Gasteiger partial charge >= 0.3 is 0 Å². The Kier molecular flexibility index (Phi) is 3.84. The molecule has 1 N–H and O–H groups in total. The number of rotatable bonds is 4. The summed E-state index contributed by atoms with van der Waals surface area (Å²) in [6.07, 6.45) is 4.29. The Balaban J connectivity index is 1.86. The minimum absolute atomic E-state index is 0.640. The second kappa shape index (κ2) is 5.17. The van der Waals surface area contributed by atoms with Crippen molar-refractivity contribution in [3.8, 4) is 0 Å². The number of hydrogen-bond acceptors (Lipinski definition) is 3. The lowest BCUT2D eigenvalue weighted by Gasteiger charge is -2.20. The Morgan fingerprint density at radius 1 is 1.69 bits per heavy atom. The maximum Gasteiger partial charge on any atom is 0.128 e. The second-order valence-electron chi connectivity index (χ2n) is 4.55. The minimum Gasteiger partial charge on any atom is -0.321 e. The molecule has 5 heteroatoms. The highest BCUT2D eigenvalue weighted by Gasteiger charge is 2.16. The molecule has 1 saturated heterocycles. The smallest absolute Gasteiger partial charge is 0.128 e. The van der Waals surface area contributed by atoms with Crippen molar-refractivity contribution in [3.63, 3.8) is 0 Å². The molecular weight excluding hydrogens is 224 g/mol. The molecule has 0 spiro atoms. The predicted octanol–water partition coefficient (Wildman–Crippen LogP) is 1.26. The van der Waals surface area contributed by atoms with Gasteiger partial charge in [-0.2, -0.15) is 0 Å². The molecule has 1 fully saturated rings. The molecule has 1 atom stereocenters. The van der Waals surface area contributed by atoms with Crippen LogP contribution in [0.2, 0.25) is 5.15 Å². The lowest BCUT2D eigenvalue weighted by atomic mass is 10.2. The van der Waals surface area contributed by atoms with Gasteiger partial charge in [-0.1, -0.05) is 11.6 Å². The van der Waals surface area contributed by atoms with Crippen LogP contribution < -0.4 is 5.32 Å². The molecule has 0 bridgehead atoms. The van der Waals surface area contributed by atoms with Crippen LogP contribution in [0.4, 0.5) is 0 Å². The van der Waals surface area contributed by atoms with Crippen LogP contribution in [0.3, 0.4) is 0 Å². The molecule has 0 amide bonds. The quantitative estimate of drug-likeness (QED) is 0.863. The number of imidazole rings is 1. The summed E-state index contributed by atoms with van der Waals surface area (Å²) in [6, 6.07) is 0.640. The lowest BCUT2D eigenvalue weighted by molar-refractivity contribution is 0.284. The summed E-state index contributed by atoms with van der Waals surface area (Å²) >= 11 is 5.95. The van der Waals surface area contributed by atoms with Crippen LogP contribution in [-0.4, -0.2) is 40.6 Å². The fraction of sp³-hybridized carbons (Fsp3) is 0.727. The van der Waals surface area contributed by atoms with E-state index in [1.165, 1.54) is 12.8 Å². The second-order valence-corrected chi connectivity index (χ2v) is 4.93. The minimum atomic E-state index is 0.640. The van der Waals surface area contributed by atoms with Gasteiger partial charge in [0.1, 0.15) is 11.0 Å². The number of nitrogens with one attached hydrogen (secondary N) is 1. The van der Waals surface area contributed by atoms with Crippen LogP contribution in [0.25, 0.3) is 0 Å². The van der Waals surface area contributed by atoms with Gasteiger partial charge in [0.05, 0.1) is 12.7 Å². The molecule has 2 heterocycles. The van der Waals surface area contributed by atoms with Crippen molar-refractivity contribution in [2.75, 3.05) is 20.1 Å². The van der Waals surface area contributed by atoms with Gasteiger partial charge in [-0.3, -0.25) is 4.90 Å². The molecule has 1 aromatic heterocycles. The van der Waals surface area contributed by atoms with Gasteiger partial charge in [0, 0.05) is 19.6 Å². The lowest BCUT2D eigenvalue weighted by Crippen LogP contribution is -2.35. The summed E-state index contributed by atoms with van der Waals surface area (Å²) < 4.78 is 1.93. The number of likely N-dealkylation sites (N-methyl/N-ethyl adjacent to an activating group) is 1. The number of hydrogen-bond donors (Lipinski definition) is 1. The Labute approximate surface area is 102 Å². The van der Waals surface area contributed by atoms with Crippen LogP contribution in [0, 0.1) is 0 Å². The first-order valence-corrected chi connectivity index (χ1v) is 6.12. The monoisotopic (exact) mass is 242 g/mol. The average Bonchev–Trinajstić information content (AvgIpc) is 2.83. The Morgan fingerprint density at radius 3 is 3.06 bits per heavy atom. The van der Waals surface area contributed by atoms with E-state index < -0.39 is 0 Å². The van der Waals surface area contributed by atoms with Gasteiger partial charge in [-0.15, -0.1) is 0 Å². The van der Waals surface area contributed by atoms with Crippen molar-refractivity contribution in [2.45, 2.75) is 25.4 Å². The van der Waals surface area contributed by atoms with Gasteiger partial charge in [0.15, 0.2) is 0 Å². The van der Waals surface area contributed by atoms with Crippen molar-refractivity contribution in [1.29, 1.82) is 0 Å². The third kappa shape index (κ3) is 2.75. The molecule has 0 saturated carbocycles. The number of halogens is 1. The van der Waals surface area contributed by atoms with Gasteiger partial charge in [-0.25, -0.2) is 4.98 Å². The SMILES string of the molecule is CN(Cc1ncc(Cl)n1C)CC1CCCN1. The highest BCUT2D eigenvalue weighted by molar-refractivity contribution is 6.29. The van der Waals surface area contributed by atoms with Crippen LogP contribution in [0.5, 0.6) is 0 Å². The van der Waals surface area contributed by atoms with E-state index in [1.54, 1.807) is 6.20 Å². The van der Waals surface area contributed by atoms with E-state index in [0.717, 1.165) is 25.5 Å². The van der Waals surface area contributed by atoms with Crippen molar-refractivity contribution in [3.05, 3.63) is 17.2 Å². The molecule has 4 nitrogen and oxygen atoms in total. The summed E-state index contributed by atoms with van der Waals surface area (Å²) in [4.78, 5) is 6.59. The molecule has 0 aromatic carbocycles. The highest BCUT2D eigenvalue weighted by Crippen LogP contribution is 2.12. The van der Waals surface area contributed by atoms with E-state index in [9.17, 15) is 0 Å². The van der Waals surface area contributed by atoms with E-state index in [0.29, 0.717) is 11.2 Å². The summed E-state index contributed by atoms with van der Waals surface area (Å²) in [7, 11) is 4.08. The third-order valence-electron chi connectivity index (χ3n) is 3.13. The molecule has 1 unspecified atom stereocenters. The van der Waals surface area contributed by atoms with Gasteiger partial charge < -0.3 is 9.88 Å². The standard InChI is InChI=1S/C11H19ClN4/c1-15(7-9-4-3-5-13-9)8-11-14-6-10(12)16(11)2/h6,9,13H,3-5,7-8H2,1-2H3. The van der Waals surface area contributed by atoms with Gasteiger partial charge in [0.25, 0.3) is 0 Å². The first-order valence-electron chi connectivity index (χ1n) is 5.75. The van der Waals surface area contributed by atoms with Crippen LogP contribution in [-0.2, 0) is 13.6 Å². The largest absolute Gasteiger partial charge is 0.321 e. The van der Waals surface area contributed by atoms with Crippen LogP contribution in [0.1, 0.15) is 18.7 Å². The maximum absolute atomic E-state index is 5.95. The molecule has 16 heavy (non-hydrogen) atoms. The summed E-state index contributed by atoms with van der Waals surface area (Å²) in [6.45, 7) is 3.08. The molecule has 1 aliphatic heterocycles. The number of aromatic nitrogens is 2. The van der Waals surface area contributed by atoms with Gasteiger partial charge in [0.2, 0.25) is 0 Å². The fourth-order valence-corrected chi connectivity index (χ4v) is 2.31. The zero-order chi connectivity index (χ0) is 11.5. The number of nitrogens with zero attached hydrogens (tertiary/aromatic N) is 3. The Morgan fingerprint density at radius 2 is 2.50 bits per heavy atom. The zero-order valence-corrected chi connectivity index (χ0v) is 10.7. The zero-order valence-electron chi connectivity index (χ0n) is 9.91. The molecule has 1 aromatic rings. The summed E-state index contributed by atoms with van der Waals surface area (Å²) in [5, 5.41) is 4.19. The fourth-order valence-electron chi connectivity index (χ4n) is 2.17. The first kappa shape index (κ1) is 11.9. The Hall–Kier alpha value is -0.580. The summed E-state index contributed by atoms with van der Waals surface area (Å²) in [5.74, 6) is 1.02. The maximum atomic E-state index is 5.95. The van der Waals surface area contributed by atoms with E-state index in [2.05, 4.69) is 22.2 Å². The normalized spacial score (nSPS) is 20.9. The van der Waals surface area contributed by atoms with Crippen LogP contribution in [0.15, 0.2) is 6.20 Å².